The molecule has 3 aromatic rings. The van der Waals surface area contributed by atoms with Gasteiger partial charge >= 0.3 is 0 Å². The number of carbonyl (C=O) groups excluding carboxylic acids is 1. The predicted molar refractivity (Wildman–Crippen MR) is 124 cm³/mol. The molecule has 0 bridgehead atoms. The lowest BCUT2D eigenvalue weighted by molar-refractivity contribution is -0.121. The smallest absolute Gasteiger partial charge is 0.220 e. The Balaban J connectivity index is 1.15. The SMILES string of the molecule is Cc1ccc(-c2ccc3cc(OCCCCC(=O)NCCN4CCOCC4)ccc3n2)o1. The minimum absolute atomic E-state index is 0.109. The summed E-state index contributed by atoms with van der Waals surface area (Å²) in [5.41, 5.74) is 1.72. The van der Waals surface area contributed by atoms with Crippen LogP contribution in [0.4, 0.5) is 0 Å². The van der Waals surface area contributed by atoms with Gasteiger partial charge in [0, 0.05) is 38.0 Å². The van der Waals surface area contributed by atoms with Crippen molar-refractivity contribution in [3.63, 3.8) is 0 Å². The summed E-state index contributed by atoms with van der Waals surface area (Å²) in [6.07, 6.45) is 2.18. The fourth-order valence-electron chi connectivity index (χ4n) is 3.75. The number of nitrogens with one attached hydrogen (secondary N) is 1. The van der Waals surface area contributed by atoms with Gasteiger partial charge in [0.25, 0.3) is 0 Å². The van der Waals surface area contributed by atoms with Crippen molar-refractivity contribution in [2.75, 3.05) is 46.0 Å². The molecule has 1 aliphatic heterocycles. The number of hydrogen-bond acceptors (Lipinski definition) is 6. The van der Waals surface area contributed by atoms with Crippen LogP contribution in [0, 0.1) is 6.92 Å². The number of furan rings is 1. The number of fused-ring (bicyclic) bond motifs is 1. The zero-order valence-electron chi connectivity index (χ0n) is 18.6. The van der Waals surface area contributed by atoms with E-state index in [9.17, 15) is 4.79 Å². The Labute approximate surface area is 188 Å². The molecule has 170 valence electrons. The maximum absolute atomic E-state index is 12.0. The molecular formula is C25H31N3O4. The highest BCUT2D eigenvalue weighted by molar-refractivity contribution is 5.82. The maximum Gasteiger partial charge on any atom is 0.220 e. The molecule has 0 saturated carbocycles. The van der Waals surface area contributed by atoms with E-state index < -0.39 is 0 Å². The second-order valence-corrected chi connectivity index (χ2v) is 8.07. The van der Waals surface area contributed by atoms with E-state index in [0.717, 1.165) is 79.6 Å². The molecule has 0 atom stereocenters. The van der Waals surface area contributed by atoms with Crippen LogP contribution in [0.1, 0.15) is 25.0 Å². The lowest BCUT2D eigenvalue weighted by Gasteiger charge is -2.26. The van der Waals surface area contributed by atoms with E-state index in [4.69, 9.17) is 13.9 Å². The minimum atomic E-state index is 0.109. The van der Waals surface area contributed by atoms with Crippen LogP contribution in [0.5, 0.6) is 5.75 Å². The van der Waals surface area contributed by atoms with Gasteiger partial charge in [0.2, 0.25) is 5.91 Å². The molecule has 1 N–H and O–H groups in total. The number of amides is 1. The quantitative estimate of drug-likeness (QED) is 0.486. The monoisotopic (exact) mass is 437 g/mol. The van der Waals surface area contributed by atoms with Gasteiger partial charge in [-0.15, -0.1) is 0 Å². The largest absolute Gasteiger partial charge is 0.494 e. The fraction of sp³-hybridized carbons (Fsp3) is 0.440. The number of nitrogens with zero attached hydrogens (tertiary/aromatic N) is 2. The number of benzene rings is 1. The van der Waals surface area contributed by atoms with Crippen molar-refractivity contribution in [3.05, 3.63) is 48.2 Å². The van der Waals surface area contributed by atoms with Crippen LogP contribution in [-0.2, 0) is 9.53 Å². The molecule has 3 heterocycles. The summed E-state index contributed by atoms with van der Waals surface area (Å²) >= 11 is 0. The summed E-state index contributed by atoms with van der Waals surface area (Å²) in [6, 6.07) is 13.8. The standard InChI is InChI=1S/C25H31N3O4/c1-19-5-10-24(32-19)23-8-6-20-18-21(7-9-22(20)27-23)31-15-3-2-4-25(29)26-11-12-28-13-16-30-17-14-28/h5-10,18H,2-4,11-17H2,1H3,(H,26,29). The van der Waals surface area contributed by atoms with Crippen LogP contribution < -0.4 is 10.1 Å². The zero-order chi connectivity index (χ0) is 22.2. The highest BCUT2D eigenvalue weighted by Gasteiger charge is 2.10. The van der Waals surface area contributed by atoms with Crippen LogP contribution in [0.2, 0.25) is 0 Å². The number of morpholine rings is 1. The van der Waals surface area contributed by atoms with E-state index in [1.807, 2.05) is 49.4 Å². The number of carbonyl (C=O) groups is 1. The highest BCUT2D eigenvalue weighted by atomic mass is 16.5. The lowest BCUT2D eigenvalue weighted by Crippen LogP contribution is -2.41. The van der Waals surface area contributed by atoms with E-state index >= 15 is 0 Å². The molecular weight excluding hydrogens is 406 g/mol. The number of aryl methyl sites for hydroxylation is 1. The van der Waals surface area contributed by atoms with E-state index in [1.165, 1.54) is 0 Å². The lowest BCUT2D eigenvalue weighted by atomic mass is 10.2. The van der Waals surface area contributed by atoms with Gasteiger partial charge in [0.05, 0.1) is 25.3 Å². The molecule has 0 aliphatic carbocycles. The molecule has 7 heteroatoms. The first-order valence-electron chi connectivity index (χ1n) is 11.3. The van der Waals surface area contributed by atoms with Crippen molar-refractivity contribution in [1.29, 1.82) is 0 Å². The second kappa shape index (κ2) is 11.1. The molecule has 1 aliphatic rings. The molecule has 7 nitrogen and oxygen atoms in total. The molecule has 32 heavy (non-hydrogen) atoms. The predicted octanol–water partition coefficient (Wildman–Crippen LogP) is 3.80. The molecule has 2 aromatic heterocycles. The number of pyridine rings is 1. The van der Waals surface area contributed by atoms with Crippen molar-refractivity contribution in [3.8, 4) is 17.2 Å². The molecule has 1 saturated heterocycles. The minimum Gasteiger partial charge on any atom is -0.494 e. The Morgan fingerprint density at radius 2 is 2.00 bits per heavy atom. The molecule has 0 spiro atoms. The maximum atomic E-state index is 12.0. The summed E-state index contributed by atoms with van der Waals surface area (Å²) in [6.45, 7) is 7.56. The first-order valence-corrected chi connectivity index (χ1v) is 11.3. The zero-order valence-corrected chi connectivity index (χ0v) is 18.6. The molecule has 1 fully saturated rings. The average molecular weight is 438 g/mol. The molecule has 1 amide bonds. The van der Waals surface area contributed by atoms with Crippen molar-refractivity contribution >= 4 is 16.8 Å². The number of unbranched alkanes of at least 4 members (excludes halogenated alkanes) is 1. The number of ether oxygens (including phenoxy) is 2. The van der Waals surface area contributed by atoms with Crippen LogP contribution in [0.15, 0.2) is 46.9 Å². The Morgan fingerprint density at radius 1 is 1.12 bits per heavy atom. The van der Waals surface area contributed by atoms with Gasteiger partial charge in [0.15, 0.2) is 5.76 Å². The van der Waals surface area contributed by atoms with Crippen LogP contribution >= 0.6 is 0 Å². The second-order valence-electron chi connectivity index (χ2n) is 8.07. The van der Waals surface area contributed by atoms with Crippen LogP contribution in [0.3, 0.4) is 0 Å². The third kappa shape index (κ3) is 6.31. The third-order valence-corrected chi connectivity index (χ3v) is 5.57. The van der Waals surface area contributed by atoms with E-state index in [0.29, 0.717) is 19.6 Å². The van der Waals surface area contributed by atoms with Crippen molar-refractivity contribution < 1.29 is 18.7 Å². The van der Waals surface area contributed by atoms with Gasteiger partial charge in [-0.25, -0.2) is 4.98 Å². The molecule has 4 rings (SSSR count). The van der Waals surface area contributed by atoms with Gasteiger partial charge in [0.1, 0.15) is 17.2 Å². The first kappa shape index (κ1) is 22.3. The third-order valence-electron chi connectivity index (χ3n) is 5.57. The summed E-state index contributed by atoms with van der Waals surface area (Å²) < 4.78 is 16.9. The number of rotatable bonds is 10. The Hall–Kier alpha value is -2.90. The van der Waals surface area contributed by atoms with Crippen molar-refractivity contribution in [2.45, 2.75) is 26.2 Å². The fourth-order valence-corrected chi connectivity index (χ4v) is 3.75. The molecule has 0 radical (unpaired) electrons. The summed E-state index contributed by atoms with van der Waals surface area (Å²) in [5, 5.41) is 4.02. The van der Waals surface area contributed by atoms with Crippen molar-refractivity contribution in [1.82, 2.24) is 15.2 Å². The Morgan fingerprint density at radius 3 is 2.81 bits per heavy atom. The van der Waals surface area contributed by atoms with Gasteiger partial charge in [-0.3, -0.25) is 9.69 Å². The average Bonchev–Trinajstić information content (AvgIpc) is 3.25. The van der Waals surface area contributed by atoms with E-state index in [1.54, 1.807) is 0 Å². The van der Waals surface area contributed by atoms with Crippen LogP contribution in [0.25, 0.3) is 22.4 Å². The molecule has 1 aromatic carbocycles. The highest BCUT2D eigenvalue weighted by Crippen LogP contribution is 2.25. The van der Waals surface area contributed by atoms with E-state index in [-0.39, 0.29) is 5.91 Å². The van der Waals surface area contributed by atoms with Crippen molar-refractivity contribution in [2.24, 2.45) is 0 Å². The summed E-state index contributed by atoms with van der Waals surface area (Å²) in [7, 11) is 0. The Bertz CT molecular complexity index is 1030. The Kier molecular flexibility index (Phi) is 7.74. The van der Waals surface area contributed by atoms with E-state index in [2.05, 4.69) is 15.2 Å². The van der Waals surface area contributed by atoms with Gasteiger partial charge in [-0.05, 0) is 56.2 Å². The summed E-state index contributed by atoms with van der Waals surface area (Å²) in [5.74, 6) is 2.57. The van der Waals surface area contributed by atoms with Gasteiger partial charge in [-0.1, -0.05) is 6.07 Å². The first-order chi connectivity index (χ1) is 15.7. The number of hydrogen-bond donors (Lipinski definition) is 1. The van der Waals surface area contributed by atoms with Crippen LogP contribution in [-0.4, -0.2) is 61.8 Å². The number of aromatic nitrogens is 1. The molecule has 0 unspecified atom stereocenters. The van der Waals surface area contributed by atoms with Gasteiger partial charge in [-0.2, -0.15) is 0 Å². The van der Waals surface area contributed by atoms with Gasteiger partial charge < -0.3 is 19.2 Å². The topological polar surface area (TPSA) is 76.8 Å². The normalized spacial score (nSPS) is 14.5. The summed E-state index contributed by atoms with van der Waals surface area (Å²) in [4.78, 5) is 19.0.